The highest BCUT2D eigenvalue weighted by Crippen LogP contribution is 2.47. The summed E-state index contributed by atoms with van der Waals surface area (Å²) >= 11 is 0. The number of nitrogens with one attached hydrogen (secondary N) is 2. The van der Waals surface area contributed by atoms with Gasteiger partial charge >= 0.3 is 0 Å². The summed E-state index contributed by atoms with van der Waals surface area (Å²) in [6.07, 6.45) is 3.66. The largest absolute Gasteiger partial charge is 0.356 e. The molecule has 18 heavy (non-hydrogen) atoms. The molecule has 3 heteroatoms. The Labute approximate surface area is 110 Å². The molecule has 2 N–H and O–H groups in total. The first-order valence-electron chi connectivity index (χ1n) is 6.81. The van der Waals surface area contributed by atoms with Crippen molar-refractivity contribution in [2.45, 2.75) is 31.6 Å². The van der Waals surface area contributed by atoms with Gasteiger partial charge in [-0.05, 0) is 24.8 Å². The van der Waals surface area contributed by atoms with Crippen LogP contribution in [0.5, 0.6) is 0 Å². The summed E-state index contributed by atoms with van der Waals surface area (Å²) in [5.74, 6) is 0.916. The highest BCUT2D eigenvalue weighted by molar-refractivity contribution is 5.79. The SMILES string of the molecule is CCCNC(=NC)NCC1(c2ccccc2)CC1. The van der Waals surface area contributed by atoms with Crippen molar-refractivity contribution in [2.75, 3.05) is 20.1 Å². The molecule has 1 fully saturated rings. The quantitative estimate of drug-likeness (QED) is 0.617. The van der Waals surface area contributed by atoms with Crippen molar-refractivity contribution in [3.05, 3.63) is 35.9 Å². The van der Waals surface area contributed by atoms with Crippen molar-refractivity contribution in [2.24, 2.45) is 4.99 Å². The lowest BCUT2D eigenvalue weighted by Crippen LogP contribution is -2.41. The number of nitrogens with zero attached hydrogens (tertiary/aromatic N) is 1. The first-order valence-corrected chi connectivity index (χ1v) is 6.81. The number of benzene rings is 1. The van der Waals surface area contributed by atoms with Gasteiger partial charge in [-0.3, -0.25) is 4.99 Å². The molecule has 0 aromatic heterocycles. The predicted octanol–water partition coefficient (Wildman–Crippen LogP) is 2.29. The smallest absolute Gasteiger partial charge is 0.191 e. The summed E-state index contributed by atoms with van der Waals surface area (Å²) in [6.45, 7) is 4.10. The first kappa shape index (κ1) is 12.9. The lowest BCUT2D eigenvalue weighted by molar-refractivity contribution is 0.644. The van der Waals surface area contributed by atoms with Gasteiger partial charge < -0.3 is 10.6 Å². The molecule has 1 aromatic carbocycles. The maximum atomic E-state index is 4.24. The molecular weight excluding hydrogens is 222 g/mol. The van der Waals surface area contributed by atoms with E-state index in [1.165, 1.54) is 18.4 Å². The third-order valence-electron chi connectivity index (χ3n) is 3.60. The second-order valence-corrected chi connectivity index (χ2v) is 5.00. The van der Waals surface area contributed by atoms with Gasteiger partial charge in [-0.2, -0.15) is 0 Å². The van der Waals surface area contributed by atoms with E-state index in [1.54, 1.807) is 0 Å². The van der Waals surface area contributed by atoms with Crippen molar-refractivity contribution < 1.29 is 0 Å². The van der Waals surface area contributed by atoms with Gasteiger partial charge in [0.05, 0.1) is 0 Å². The summed E-state index contributed by atoms with van der Waals surface area (Å²) in [6, 6.07) is 10.8. The average molecular weight is 245 g/mol. The van der Waals surface area contributed by atoms with E-state index in [4.69, 9.17) is 0 Å². The fourth-order valence-corrected chi connectivity index (χ4v) is 2.23. The van der Waals surface area contributed by atoms with Crippen LogP contribution in [0.3, 0.4) is 0 Å². The summed E-state index contributed by atoms with van der Waals surface area (Å²) in [4.78, 5) is 4.24. The zero-order valence-corrected chi connectivity index (χ0v) is 11.4. The van der Waals surface area contributed by atoms with Crippen LogP contribution in [-0.4, -0.2) is 26.1 Å². The molecule has 1 aromatic rings. The van der Waals surface area contributed by atoms with E-state index in [0.29, 0.717) is 5.41 Å². The number of hydrogen-bond acceptors (Lipinski definition) is 1. The maximum absolute atomic E-state index is 4.24. The summed E-state index contributed by atoms with van der Waals surface area (Å²) < 4.78 is 0. The molecule has 1 aliphatic rings. The van der Waals surface area contributed by atoms with E-state index in [2.05, 4.69) is 52.9 Å². The number of hydrogen-bond donors (Lipinski definition) is 2. The Balaban J connectivity index is 1.90. The lowest BCUT2D eigenvalue weighted by atomic mass is 9.96. The Hall–Kier alpha value is -1.51. The minimum absolute atomic E-state index is 0.338. The third-order valence-corrected chi connectivity index (χ3v) is 3.60. The molecule has 3 nitrogen and oxygen atoms in total. The Morgan fingerprint density at radius 2 is 1.94 bits per heavy atom. The van der Waals surface area contributed by atoms with Crippen LogP contribution in [0.4, 0.5) is 0 Å². The van der Waals surface area contributed by atoms with Crippen molar-refractivity contribution in [3.8, 4) is 0 Å². The minimum Gasteiger partial charge on any atom is -0.356 e. The maximum Gasteiger partial charge on any atom is 0.191 e. The molecule has 0 bridgehead atoms. The molecule has 1 saturated carbocycles. The van der Waals surface area contributed by atoms with Gasteiger partial charge in [0.15, 0.2) is 5.96 Å². The van der Waals surface area contributed by atoms with E-state index in [9.17, 15) is 0 Å². The summed E-state index contributed by atoms with van der Waals surface area (Å²) in [5.41, 5.74) is 1.79. The zero-order chi connectivity index (χ0) is 12.8. The first-order chi connectivity index (χ1) is 8.80. The van der Waals surface area contributed by atoms with Gasteiger partial charge in [-0.1, -0.05) is 37.3 Å². The van der Waals surface area contributed by atoms with E-state index >= 15 is 0 Å². The topological polar surface area (TPSA) is 36.4 Å². The number of rotatable bonds is 5. The third kappa shape index (κ3) is 3.03. The van der Waals surface area contributed by atoms with Crippen molar-refractivity contribution >= 4 is 5.96 Å². The lowest BCUT2D eigenvalue weighted by Gasteiger charge is -2.18. The van der Waals surface area contributed by atoms with Crippen LogP contribution < -0.4 is 10.6 Å². The average Bonchev–Trinajstić information content (AvgIpc) is 3.21. The molecule has 0 spiro atoms. The molecule has 0 unspecified atom stereocenters. The number of aliphatic imine (C=N–C) groups is 1. The van der Waals surface area contributed by atoms with Crippen LogP contribution in [0.1, 0.15) is 31.7 Å². The second-order valence-electron chi connectivity index (χ2n) is 5.00. The molecular formula is C15H23N3. The van der Waals surface area contributed by atoms with Crippen molar-refractivity contribution in [3.63, 3.8) is 0 Å². The van der Waals surface area contributed by atoms with Gasteiger partial charge in [-0.25, -0.2) is 0 Å². The van der Waals surface area contributed by atoms with Crippen LogP contribution in [0.2, 0.25) is 0 Å². The Morgan fingerprint density at radius 1 is 1.22 bits per heavy atom. The highest BCUT2D eigenvalue weighted by atomic mass is 15.2. The molecule has 0 saturated heterocycles. The van der Waals surface area contributed by atoms with Gasteiger partial charge in [-0.15, -0.1) is 0 Å². The van der Waals surface area contributed by atoms with Crippen LogP contribution in [-0.2, 0) is 5.41 Å². The monoisotopic (exact) mass is 245 g/mol. The number of guanidine groups is 1. The minimum atomic E-state index is 0.338. The van der Waals surface area contributed by atoms with Gasteiger partial charge in [0, 0.05) is 25.6 Å². The van der Waals surface area contributed by atoms with E-state index < -0.39 is 0 Å². The van der Waals surface area contributed by atoms with Crippen LogP contribution in [0, 0.1) is 0 Å². The molecule has 98 valence electrons. The normalized spacial score (nSPS) is 17.3. The Kier molecular flexibility index (Phi) is 4.24. The van der Waals surface area contributed by atoms with E-state index in [-0.39, 0.29) is 0 Å². The zero-order valence-electron chi connectivity index (χ0n) is 11.4. The van der Waals surface area contributed by atoms with Gasteiger partial charge in [0.1, 0.15) is 0 Å². The van der Waals surface area contributed by atoms with Gasteiger partial charge in [0.2, 0.25) is 0 Å². The van der Waals surface area contributed by atoms with E-state index in [0.717, 1.165) is 25.5 Å². The van der Waals surface area contributed by atoms with Gasteiger partial charge in [0.25, 0.3) is 0 Å². The van der Waals surface area contributed by atoms with Crippen molar-refractivity contribution in [1.29, 1.82) is 0 Å². The molecule has 0 radical (unpaired) electrons. The van der Waals surface area contributed by atoms with Crippen LogP contribution in [0.25, 0.3) is 0 Å². The molecule has 0 heterocycles. The fraction of sp³-hybridized carbons (Fsp3) is 0.533. The Bertz CT molecular complexity index is 393. The van der Waals surface area contributed by atoms with Crippen LogP contribution in [0.15, 0.2) is 35.3 Å². The fourth-order valence-electron chi connectivity index (χ4n) is 2.23. The van der Waals surface area contributed by atoms with Crippen LogP contribution >= 0.6 is 0 Å². The molecule has 1 aliphatic carbocycles. The summed E-state index contributed by atoms with van der Waals surface area (Å²) in [5, 5.41) is 6.75. The molecule has 2 rings (SSSR count). The summed E-state index contributed by atoms with van der Waals surface area (Å²) in [7, 11) is 1.83. The molecule has 0 aliphatic heterocycles. The second kappa shape index (κ2) is 5.89. The molecule has 0 atom stereocenters. The van der Waals surface area contributed by atoms with Crippen molar-refractivity contribution in [1.82, 2.24) is 10.6 Å². The molecule has 0 amide bonds. The highest BCUT2D eigenvalue weighted by Gasteiger charge is 2.43. The predicted molar refractivity (Wildman–Crippen MR) is 77.0 cm³/mol. The Morgan fingerprint density at radius 3 is 2.50 bits per heavy atom. The van der Waals surface area contributed by atoms with E-state index in [1.807, 2.05) is 7.05 Å². The standard InChI is InChI=1S/C15H23N3/c1-3-11-17-14(16-2)18-12-15(9-10-15)13-7-5-4-6-8-13/h4-8H,3,9-12H2,1-2H3,(H2,16,17,18).